The Labute approximate surface area is 123 Å². The zero-order valence-corrected chi connectivity index (χ0v) is 11.2. The fourth-order valence-corrected chi connectivity index (χ4v) is 2.49. The molecule has 1 aliphatic rings. The molecule has 0 N–H and O–H groups in total. The molecule has 1 aromatic carbocycles. The van der Waals surface area contributed by atoms with Gasteiger partial charge < -0.3 is 9.32 Å². The first kappa shape index (κ1) is 14.4. The van der Waals surface area contributed by atoms with Gasteiger partial charge in [0, 0.05) is 17.8 Å². The molecule has 1 amide bonds. The van der Waals surface area contributed by atoms with Gasteiger partial charge in [-0.05, 0) is 42.3 Å². The highest BCUT2D eigenvalue weighted by Gasteiger charge is 2.44. The van der Waals surface area contributed by atoms with Crippen molar-refractivity contribution in [3.63, 3.8) is 0 Å². The Balaban J connectivity index is 1.93. The summed E-state index contributed by atoms with van der Waals surface area (Å²) in [5.41, 5.74) is 1.54. The van der Waals surface area contributed by atoms with Gasteiger partial charge in [-0.15, -0.1) is 0 Å². The minimum atomic E-state index is -4.89. The minimum Gasteiger partial charge on any atom is -0.453 e. The van der Waals surface area contributed by atoms with Crippen molar-refractivity contribution in [2.45, 2.75) is 12.6 Å². The predicted molar refractivity (Wildman–Crippen MR) is 71.6 cm³/mol. The Morgan fingerprint density at radius 1 is 1.23 bits per heavy atom. The Hall–Kier alpha value is -2.57. The van der Waals surface area contributed by atoms with Crippen LogP contribution in [-0.4, -0.2) is 24.9 Å². The number of halogens is 3. The maximum atomic E-state index is 12.5. The summed E-state index contributed by atoms with van der Waals surface area (Å²) in [6.07, 6.45) is -3.98. The second-order valence-corrected chi connectivity index (χ2v) is 4.87. The van der Waals surface area contributed by atoms with E-state index in [-0.39, 0.29) is 18.0 Å². The van der Waals surface area contributed by atoms with E-state index in [4.69, 9.17) is 4.42 Å². The lowest BCUT2D eigenvalue weighted by Crippen LogP contribution is -2.40. The number of carbonyl (C=O) groups excluding carboxylic acids is 2. The van der Waals surface area contributed by atoms with Gasteiger partial charge in [0.05, 0.1) is 0 Å². The molecule has 0 atom stereocenters. The molecule has 0 unspecified atom stereocenters. The van der Waals surface area contributed by atoms with Gasteiger partial charge in [0.15, 0.2) is 12.0 Å². The molecule has 2 heterocycles. The summed E-state index contributed by atoms with van der Waals surface area (Å²) in [5.74, 6) is -1.24. The first-order valence-corrected chi connectivity index (χ1v) is 6.47. The summed E-state index contributed by atoms with van der Waals surface area (Å²) in [6.45, 7) is -0.00509. The summed E-state index contributed by atoms with van der Waals surface area (Å²) in [7, 11) is 0. The lowest BCUT2D eigenvalue weighted by molar-refractivity contribution is -0.170. The van der Waals surface area contributed by atoms with Crippen LogP contribution in [0, 0.1) is 0 Å². The van der Waals surface area contributed by atoms with Crippen LogP contribution in [0.15, 0.2) is 34.7 Å². The van der Waals surface area contributed by atoms with Crippen LogP contribution in [-0.2, 0) is 11.2 Å². The number of furan rings is 1. The van der Waals surface area contributed by atoms with E-state index >= 15 is 0 Å². The van der Waals surface area contributed by atoms with Crippen molar-refractivity contribution in [2.75, 3.05) is 11.4 Å². The maximum Gasteiger partial charge on any atom is 0.471 e. The molecular formula is C15H10F3NO3. The Bertz CT molecular complexity index is 749. The molecule has 0 aliphatic carbocycles. The number of fused-ring (bicyclic) bond motifs is 1. The third kappa shape index (κ3) is 2.38. The van der Waals surface area contributed by atoms with Crippen LogP contribution in [0.2, 0.25) is 0 Å². The molecule has 1 aromatic heterocycles. The fraction of sp³-hybridized carbons (Fsp3) is 0.200. The van der Waals surface area contributed by atoms with E-state index < -0.39 is 12.1 Å². The van der Waals surface area contributed by atoms with E-state index in [1.165, 1.54) is 12.1 Å². The zero-order chi connectivity index (χ0) is 15.9. The molecule has 0 spiro atoms. The monoisotopic (exact) mass is 309 g/mol. The van der Waals surface area contributed by atoms with Crippen LogP contribution < -0.4 is 4.90 Å². The molecule has 0 saturated heterocycles. The quantitative estimate of drug-likeness (QED) is 0.800. The molecule has 0 radical (unpaired) electrons. The standard InChI is InChI=1S/C15H10F3NO3/c16-15(17,18)14(21)19-6-5-9-7-10(1-3-12(9)19)13-4-2-11(8-20)22-13/h1-4,7-8H,5-6H2. The zero-order valence-electron chi connectivity index (χ0n) is 11.2. The molecule has 1 aliphatic heterocycles. The van der Waals surface area contributed by atoms with E-state index in [1.807, 2.05) is 0 Å². The highest BCUT2D eigenvalue weighted by molar-refractivity contribution is 5.99. The van der Waals surface area contributed by atoms with Gasteiger partial charge in [0.2, 0.25) is 0 Å². The van der Waals surface area contributed by atoms with Crippen LogP contribution in [0.25, 0.3) is 11.3 Å². The third-order valence-corrected chi connectivity index (χ3v) is 3.49. The number of nitrogens with zero attached hydrogens (tertiary/aromatic N) is 1. The SMILES string of the molecule is O=Cc1ccc(-c2ccc3c(c2)CCN3C(=O)C(F)(F)F)o1. The van der Waals surface area contributed by atoms with E-state index in [2.05, 4.69) is 0 Å². The summed E-state index contributed by atoms with van der Waals surface area (Å²) in [6, 6.07) is 7.82. The van der Waals surface area contributed by atoms with Crippen LogP contribution in [0.3, 0.4) is 0 Å². The molecule has 3 rings (SSSR count). The second-order valence-electron chi connectivity index (χ2n) is 4.87. The number of benzene rings is 1. The number of hydrogen-bond donors (Lipinski definition) is 0. The van der Waals surface area contributed by atoms with E-state index in [9.17, 15) is 22.8 Å². The van der Waals surface area contributed by atoms with E-state index in [1.54, 1.807) is 18.2 Å². The molecule has 0 saturated carbocycles. The molecule has 7 heteroatoms. The van der Waals surface area contributed by atoms with Crippen molar-refractivity contribution in [2.24, 2.45) is 0 Å². The normalized spacial score (nSPS) is 14.0. The number of carbonyl (C=O) groups is 2. The number of aldehydes is 1. The average molecular weight is 309 g/mol. The first-order chi connectivity index (χ1) is 10.4. The Morgan fingerprint density at radius 2 is 2.00 bits per heavy atom. The smallest absolute Gasteiger partial charge is 0.453 e. The lowest BCUT2D eigenvalue weighted by atomic mass is 10.1. The predicted octanol–water partition coefficient (Wildman–Crippen LogP) is 3.21. The largest absolute Gasteiger partial charge is 0.471 e. The van der Waals surface area contributed by atoms with Gasteiger partial charge in [-0.3, -0.25) is 9.59 Å². The van der Waals surface area contributed by atoms with Crippen molar-refractivity contribution in [3.8, 4) is 11.3 Å². The molecule has 4 nitrogen and oxygen atoms in total. The molecule has 2 aromatic rings. The maximum absolute atomic E-state index is 12.5. The van der Waals surface area contributed by atoms with Gasteiger partial charge in [-0.25, -0.2) is 0 Å². The van der Waals surface area contributed by atoms with Crippen molar-refractivity contribution < 1.29 is 27.2 Å². The highest BCUT2D eigenvalue weighted by Crippen LogP contribution is 2.35. The van der Waals surface area contributed by atoms with E-state index in [0.29, 0.717) is 29.6 Å². The van der Waals surface area contributed by atoms with Crippen LogP contribution in [0.1, 0.15) is 16.1 Å². The molecule has 22 heavy (non-hydrogen) atoms. The number of amides is 1. The van der Waals surface area contributed by atoms with Gasteiger partial charge in [-0.1, -0.05) is 0 Å². The van der Waals surface area contributed by atoms with Gasteiger partial charge in [0.1, 0.15) is 5.76 Å². The Kier molecular flexibility index (Phi) is 3.27. The highest BCUT2D eigenvalue weighted by atomic mass is 19.4. The van der Waals surface area contributed by atoms with Gasteiger partial charge >= 0.3 is 12.1 Å². The number of alkyl halides is 3. The van der Waals surface area contributed by atoms with Gasteiger partial charge in [0.25, 0.3) is 0 Å². The molecule has 0 bridgehead atoms. The Morgan fingerprint density at radius 3 is 2.64 bits per heavy atom. The lowest BCUT2D eigenvalue weighted by Gasteiger charge is -2.18. The van der Waals surface area contributed by atoms with Crippen LogP contribution in [0.4, 0.5) is 18.9 Å². The number of rotatable bonds is 2. The van der Waals surface area contributed by atoms with Crippen molar-refractivity contribution in [3.05, 3.63) is 41.7 Å². The first-order valence-electron chi connectivity index (χ1n) is 6.47. The third-order valence-electron chi connectivity index (χ3n) is 3.49. The van der Waals surface area contributed by atoms with E-state index in [0.717, 1.165) is 4.90 Å². The molecular weight excluding hydrogens is 299 g/mol. The van der Waals surface area contributed by atoms with Crippen LogP contribution >= 0.6 is 0 Å². The summed E-state index contributed by atoms with van der Waals surface area (Å²) in [5, 5.41) is 0. The minimum absolute atomic E-state index is 0.00509. The molecule has 0 fully saturated rings. The number of anilines is 1. The average Bonchev–Trinajstić information content (AvgIpc) is 3.11. The summed E-state index contributed by atoms with van der Waals surface area (Å²) < 4.78 is 42.9. The van der Waals surface area contributed by atoms with Gasteiger partial charge in [-0.2, -0.15) is 13.2 Å². The molecule has 114 valence electrons. The summed E-state index contributed by atoms with van der Waals surface area (Å²) in [4.78, 5) is 22.7. The topological polar surface area (TPSA) is 50.5 Å². The second kappa shape index (κ2) is 5.01. The number of hydrogen-bond acceptors (Lipinski definition) is 3. The van der Waals surface area contributed by atoms with Crippen molar-refractivity contribution in [1.82, 2.24) is 0 Å². The van der Waals surface area contributed by atoms with Crippen LogP contribution in [0.5, 0.6) is 0 Å². The van der Waals surface area contributed by atoms with Crippen molar-refractivity contribution >= 4 is 17.9 Å². The fourth-order valence-electron chi connectivity index (χ4n) is 2.49. The van der Waals surface area contributed by atoms with Crippen molar-refractivity contribution in [1.29, 1.82) is 0 Å². The summed E-state index contributed by atoms with van der Waals surface area (Å²) >= 11 is 0.